The first-order chi connectivity index (χ1) is 18.3. The predicted octanol–water partition coefficient (Wildman–Crippen LogP) is 6.70. The number of carbonyl (C=O) groups excluding carboxylic acids is 2. The maximum Gasteiger partial charge on any atom is 0.295 e. The van der Waals surface area contributed by atoms with Gasteiger partial charge >= 0.3 is 0 Å². The van der Waals surface area contributed by atoms with Gasteiger partial charge < -0.3 is 14.7 Å². The number of hydrogen-bond donors (Lipinski definition) is 1. The predicted molar refractivity (Wildman–Crippen MR) is 145 cm³/mol. The fraction of sp³-hybridized carbons (Fsp3) is 0.161. The Morgan fingerprint density at radius 3 is 2.34 bits per heavy atom. The summed E-state index contributed by atoms with van der Waals surface area (Å²) in [6.07, 6.45) is 0. The van der Waals surface area contributed by atoms with Gasteiger partial charge in [0.1, 0.15) is 30.0 Å². The van der Waals surface area contributed by atoms with Crippen molar-refractivity contribution in [1.29, 1.82) is 0 Å². The molecule has 0 radical (unpaired) electrons. The molecule has 1 fully saturated rings. The van der Waals surface area contributed by atoms with Crippen molar-refractivity contribution in [2.24, 2.45) is 0 Å². The molecule has 1 amide bonds. The second-order valence-corrected chi connectivity index (χ2v) is 10.2. The van der Waals surface area contributed by atoms with E-state index in [4.69, 9.17) is 4.74 Å². The van der Waals surface area contributed by atoms with Gasteiger partial charge in [0.15, 0.2) is 0 Å². The van der Waals surface area contributed by atoms with Gasteiger partial charge in [-0.2, -0.15) is 0 Å². The number of thiophene rings is 1. The van der Waals surface area contributed by atoms with Crippen molar-refractivity contribution in [2.45, 2.75) is 33.0 Å². The number of benzene rings is 3. The maximum atomic E-state index is 13.5. The number of likely N-dealkylation sites (tertiary alicyclic amines) is 1. The number of halogens is 1. The van der Waals surface area contributed by atoms with Gasteiger partial charge in [-0.3, -0.25) is 9.59 Å². The van der Waals surface area contributed by atoms with Crippen LogP contribution in [0, 0.1) is 19.7 Å². The Labute approximate surface area is 224 Å². The highest BCUT2D eigenvalue weighted by Crippen LogP contribution is 2.43. The highest BCUT2D eigenvalue weighted by atomic mass is 32.1. The zero-order valence-corrected chi connectivity index (χ0v) is 21.8. The van der Waals surface area contributed by atoms with Crippen molar-refractivity contribution in [3.63, 3.8) is 0 Å². The number of carbonyl (C=O) groups is 2. The monoisotopic (exact) mass is 527 g/mol. The second-order valence-electron chi connectivity index (χ2n) is 9.28. The van der Waals surface area contributed by atoms with Crippen molar-refractivity contribution in [3.05, 3.63) is 128 Å². The lowest BCUT2D eigenvalue weighted by molar-refractivity contribution is -0.140. The van der Waals surface area contributed by atoms with E-state index in [1.807, 2.05) is 55.6 Å². The lowest BCUT2D eigenvalue weighted by Gasteiger charge is -2.25. The SMILES string of the molecule is Cc1cc(/C(O)=C2/C(=O)C(=O)N(Cc3ccc(F)cc3)C2c2sccc2C)ccc1OCc1ccccc1. The highest BCUT2D eigenvalue weighted by Gasteiger charge is 2.47. The summed E-state index contributed by atoms with van der Waals surface area (Å²) in [6.45, 7) is 4.28. The fourth-order valence-electron chi connectivity index (χ4n) is 4.62. The molecule has 1 saturated heterocycles. The fourth-order valence-corrected chi connectivity index (χ4v) is 5.66. The first kappa shape index (κ1) is 25.4. The van der Waals surface area contributed by atoms with E-state index < -0.39 is 17.7 Å². The van der Waals surface area contributed by atoms with Crippen LogP contribution in [0.4, 0.5) is 4.39 Å². The molecular weight excluding hydrogens is 501 g/mol. The van der Waals surface area contributed by atoms with Gasteiger partial charge in [-0.05, 0) is 77.9 Å². The minimum Gasteiger partial charge on any atom is -0.507 e. The summed E-state index contributed by atoms with van der Waals surface area (Å²) >= 11 is 1.42. The van der Waals surface area contributed by atoms with Gasteiger partial charge in [0.25, 0.3) is 11.7 Å². The summed E-state index contributed by atoms with van der Waals surface area (Å²) < 4.78 is 19.4. The lowest BCUT2D eigenvalue weighted by Crippen LogP contribution is -2.29. The number of aliphatic hydroxyl groups excluding tert-OH is 1. The Balaban J connectivity index is 1.50. The molecule has 192 valence electrons. The number of amides is 1. The maximum absolute atomic E-state index is 13.5. The van der Waals surface area contributed by atoms with E-state index in [2.05, 4.69) is 0 Å². The van der Waals surface area contributed by atoms with Gasteiger partial charge in [-0.15, -0.1) is 11.3 Å². The standard InChI is InChI=1S/C31H26FNO4S/c1-19-14-15-38-30(19)27-26(29(35)31(36)33(27)17-21-8-11-24(32)12-9-21)28(34)23-10-13-25(20(2)16-23)37-18-22-6-4-3-5-7-22/h3-16,27,34H,17-18H2,1-2H3/b28-26-. The first-order valence-electron chi connectivity index (χ1n) is 12.2. The Kier molecular flexibility index (Phi) is 7.11. The van der Waals surface area contributed by atoms with Crippen LogP contribution in [0.15, 0.2) is 89.8 Å². The number of ketones is 1. The third kappa shape index (κ3) is 4.97. The van der Waals surface area contributed by atoms with Gasteiger partial charge in [0, 0.05) is 17.0 Å². The third-order valence-electron chi connectivity index (χ3n) is 6.64. The molecule has 2 heterocycles. The molecule has 3 aromatic carbocycles. The van der Waals surface area contributed by atoms with Gasteiger partial charge in [0.05, 0.1) is 5.57 Å². The van der Waals surface area contributed by atoms with Crippen molar-refractivity contribution in [1.82, 2.24) is 4.90 Å². The molecule has 0 bridgehead atoms. The average Bonchev–Trinajstić information content (AvgIpc) is 3.45. The summed E-state index contributed by atoms with van der Waals surface area (Å²) in [7, 11) is 0. The van der Waals surface area contributed by atoms with Crippen molar-refractivity contribution >= 4 is 28.8 Å². The van der Waals surface area contributed by atoms with Crippen LogP contribution in [0.3, 0.4) is 0 Å². The van der Waals surface area contributed by atoms with E-state index >= 15 is 0 Å². The molecule has 1 aliphatic rings. The van der Waals surface area contributed by atoms with E-state index in [0.717, 1.165) is 21.6 Å². The highest BCUT2D eigenvalue weighted by molar-refractivity contribution is 7.10. The summed E-state index contributed by atoms with van der Waals surface area (Å²) in [6, 6.07) is 22.0. The van der Waals surface area contributed by atoms with Gasteiger partial charge in [-0.1, -0.05) is 42.5 Å². The van der Waals surface area contributed by atoms with E-state index in [9.17, 15) is 19.1 Å². The molecule has 1 atom stereocenters. The van der Waals surface area contributed by atoms with Crippen LogP contribution in [0.2, 0.25) is 0 Å². The molecule has 7 heteroatoms. The Morgan fingerprint density at radius 2 is 1.68 bits per heavy atom. The number of nitrogens with zero attached hydrogens (tertiary/aromatic N) is 1. The first-order valence-corrected chi connectivity index (χ1v) is 13.1. The van der Waals surface area contributed by atoms with E-state index in [1.54, 1.807) is 30.3 Å². The quantitative estimate of drug-likeness (QED) is 0.165. The molecule has 4 aromatic rings. The number of ether oxygens (including phenoxy) is 1. The van der Waals surface area contributed by atoms with Crippen molar-refractivity contribution < 1.29 is 23.8 Å². The lowest BCUT2D eigenvalue weighted by atomic mass is 9.97. The van der Waals surface area contributed by atoms with E-state index in [-0.39, 0.29) is 23.7 Å². The number of hydrogen-bond acceptors (Lipinski definition) is 5. The molecule has 0 aliphatic carbocycles. The molecular formula is C31H26FNO4S. The summed E-state index contributed by atoms with van der Waals surface area (Å²) in [5.41, 5.74) is 3.88. The molecule has 38 heavy (non-hydrogen) atoms. The Morgan fingerprint density at radius 1 is 0.947 bits per heavy atom. The molecule has 5 nitrogen and oxygen atoms in total. The van der Waals surface area contributed by atoms with Crippen LogP contribution < -0.4 is 4.74 Å². The zero-order valence-electron chi connectivity index (χ0n) is 21.0. The molecule has 1 unspecified atom stereocenters. The van der Waals surface area contributed by atoms with Crippen molar-refractivity contribution in [2.75, 3.05) is 0 Å². The largest absolute Gasteiger partial charge is 0.507 e. The van der Waals surface area contributed by atoms with Crippen LogP contribution >= 0.6 is 11.3 Å². The smallest absolute Gasteiger partial charge is 0.295 e. The summed E-state index contributed by atoms with van der Waals surface area (Å²) in [5.74, 6) is -1.40. The number of Topliss-reactive ketones (excluding diaryl/α,β-unsaturated/α-hetero) is 1. The summed E-state index contributed by atoms with van der Waals surface area (Å²) in [5, 5.41) is 13.3. The molecule has 0 spiro atoms. The summed E-state index contributed by atoms with van der Waals surface area (Å²) in [4.78, 5) is 28.8. The normalized spacial score (nSPS) is 16.7. The molecule has 1 aliphatic heterocycles. The van der Waals surface area contributed by atoms with Crippen LogP contribution in [-0.2, 0) is 22.7 Å². The van der Waals surface area contributed by atoms with E-state index in [0.29, 0.717) is 23.5 Å². The van der Waals surface area contributed by atoms with Crippen LogP contribution in [0.5, 0.6) is 5.75 Å². The van der Waals surface area contributed by atoms with Gasteiger partial charge in [-0.25, -0.2) is 4.39 Å². The zero-order chi connectivity index (χ0) is 26.8. The number of aryl methyl sites for hydroxylation is 2. The second kappa shape index (κ2) is 10.6. The third-order valence-corrected chi connectivity index (χ3v) is 7.71. The van der Waals surface area contributed by atoms with E-state index in [1.165, 1.54) is 28.4 Å². The minimum atomic E-state index is -0.755. The molecule has 0 saturated carbocycles. The van der Waals surface area contributed by atoms with Crippen LogP contribution in [0.25, 0.3) is 5.76 Å². The molecule has 1 N–H and O–H groups in total. The molecule has 5 rings (SSSR count). The average molecular weight is 528 g/mol. The number of aliphatic hydroxyl groups is 1. The topological polar surface area (TPSA) is 66.8 Å². The Hall–Kier alpha value is -4.23. The number of rotatable bonds is 7. The van der Waals surface area contributed by atoms with Gasteiger partial charge in [0.2, 0.25) is 0 Å². The van der Waals surface area contributed by atoms with Crippen molar-refractivity contribution in [3.8, 4) is 5.75 Å². The Bertz CT molecular complexity index is 1530. The molecule has 1 aromatic heterocycles. The van der Waals surface area contributed by atoms with Crippen LogP contribution in [0.1, 0.15) is 38.7 Å². The van der Waals surface area contributed by atoms with Crippen LogP contribution in [-0.4, -0.2) is 21.7 Å². The minimum absolute atomic E-state index is 0.0417.